The van der Waals surface area contributed by atoms with E-state index in [1.807, 2.05) is 0 Å². The van der Waals surface area contributed by atoms with Gasteiger partial charge in [-0.2, -0.15) is 0 Å². The van der Waals surface area contributed by atoms with Crippen LogP contribution in [-0.4, -0.2) is 55.4 Å². The van der Waals surface area contributed by atoms with Crippen molar-refractivity contribution in [2.75, 3.05) is 38.7 Å². The number of ether oxygens (including phenoxy) is 1. The van der Waals surface area contributed by atoms with E-state index in [4.69, 9.17) is 16.3 Å². The van der Waals surface area contributed by atoms with E-state index in [9.17, 15) is 9.59 Å². The molecule has 1 amide bonds. The number of carbonyl (C=O) groups excluding carboxylic acids is 2. The molecule has 2 unspecified atom stereocenters. The molecule has 52 heavy (non-hydrogen) atoms. The van der Waals surface area contributed by atoms with Crippen LogP contribution in [0.1, 0.15) is 233 Å². The van der Waals surface area contributed by atoms with Crippen molar-refractivity contribution in [3.63, 3.8) is 0 Å². The normalized spacial score (nSPS) is 12.7. The van der Waals surface area contributed by atoms with Gasteiger partial charge in [0.25, 0.3) is 0 Å². The number of halogens is 1. The van der Waals surface area contributed by atoms with E-state index in [-0.39, 0.29) is 11.9 Å². The molecule has 0 aromatic carbocycles. The summed E-state index contributed by atoms with van der Waals surface area (Å²) >= 11 is 6.14. The first-order valence-corrected chi connectivity index (χ1v) is 23.7. The molecule has 0 saturated carbocycles. The molecule has 0 spiro atoms. The van der Waals surface area contributed by atoms with Gasteiger partial charge in [-0.1, -0.05) is 169 Å². The lowest BCUT2D eigenvalue weighted by atomic mass is 9.94. The van der Waals surface area contributed by atoms with E-state index >= 15 is 0 Å². The third-order valence-electron chi connectivity index (χ3n) is 11.1. The van der Waals surface area contributed by atoms with Gasteiger partial charge in [0.05, 0.1) is 6.61 Å². The Morgan fingerprint density at radius 3 is 1.38 bits per heavy atom. The van der Waals surface area contributed by atoms with E-state index in [1.54, 1.807) is 0 Å². The number of nitrogens with zero attached hydrogens (tertiary/aromatic N) is 1. The standard InChI is InChI=1S/C46H91ClN2O3/c1-5-9-13-17-19-25-32-43(31-23-15-11-7-3)41-48-45(50)35-27-21-29-38-49(40-37-47)39-30-22-28-36-46(51)52-42-44(33-24-16-12-8-4)34-26-20-18-14-10-6-2/h43-44H,5-42H2,1-4H3,(H,48,50). The maximum absolute atomic E-state index is 12.7. The Hall–Kier alpha value is -0.810. The average Bonchev–Trinajstić information content (AvgIpc) is 3.14. The molecule has 0 radical (unpaired) electrons. The second-order valence-corrected chi connectivity index (χ2v) is 16.6. The Balaban J connectivity index is 4.22. The van der Waals surface area contributed by atoms with E-state index in [1.165, 1.54) is 154 Å². The van der Waals surface area contributed by atoms with Crippen molar-refractivity contribution in [3.8, 4) is 0 Å². The number of rotatable bonds is 42. The first-order valence-electron chi connectivity index (χ1n) is 23.2. The third-order valence-corrected chi connectivity index (χ3v) is 11.2. The van der Waals surface area contributed by atoms with Crippen LogP contribution in [0.25, 0.3) is 0 Å². The number of amides is 1. The summed E-state index contributed by atoms with van der Waals surface area (Å²) in [6.07, 6.45) is 38.6. The summed E-state index contributed by atoms with van der Waals surface area (Å²) in [6, 6.07) is 0. The number of unbranched alkanes of at least 4 members (excludes halogenated alkanes) is 20. The van der Waals surface area contributed by atoms with Gasteiger partial charge >= 0.3 is 5.97 Å². The molecule has 0 aliphatic carbocycles. The molecule has 0 aromatic rings. The summed E-state index contributed by atoms with van der Waals surface area (Å²) < 4.78 is 5.80. The van der Waals surface area contributed by atoms with E-state index in [2.05, 4.69) is 37.9 Å². The number of hydrogen-bond acceptors (Lipinski definition) is 4. The number of nitrogens with one attached hydrogen (secondary N) is 1. The zero-order valence-corrected chi connectivity index (χ0v) is 36.3. The van der Waals surface area contributed by atoms with E-state index in [0.717, 1.165) is 64.7 Å². The van der Waals surface area contributed by atoms with Crippen LogP contribution in [0.2, 0.25) is 0 Å². The summed E-state index contributed by atoms with van der Waals surface area (Å²) in [5.41, 5.74) is 0. The van der Waals surface area contributed by atoms with Crippen molar-refractivity contribution >= 4 is 23.5 Å². The molecule has 0 heterocycles. The average molecular weight is 756 g/mol. The third kappa shape index (κ3) is 36.2. The van der Waals surface area contributed by atoms with Crippen molar-refractivity contribution in [1.82, 2.24) is 10.2 Å². The number of hydrogen-bond donors (Lipinski definition) is 1. The number of esters is 1. The zero-order chi connectivity index (χ0) is 38.2. The van der Waals surface area contributed by atoms with Crippen molar-refractivity contribution in [2.45, 2.75) is 233 Å². The van der Waals surface area contributed by atoms with Crippen molar-refractivity contribution in [1.29, 1.82) is 0 Å². The Morgan fingerprint density at radius 2 is 0.904 bits per heavy atom. The first-order chi connectivity index (χ1) is 25.5. The van der Waals surface area contributed by atoms with Gasteiger partial charge in [-0.25, -0.2) is 0 Å². The van der Waals surface area contributed by atoms with Crippen LogP contribution >= 0.6 is 11.6 Å². The monoisotopic (exact) mass is 755 g/mol. The van der Waals surface area contributed by atoms with Crippen molar-refractivity contribution in [2.24, 2.45) is 11.8 Å². The highest BCUT2D eigenvalue weighted by Crippen LogP contribution is 2.21. The smallest absolute Gasteiger partial charge is 0.305 e. The molecule has 0 bridgehead atoms. The zero-order valence-electron chi connectivity index (χ0n) is 35.6. The molecule has 2 atom stereocenters. The van der Waals surface area contributed by atoms with Gasteiger partial charge in [-0.15, -0.1) is 11.6 Å². The molecule has 0 rings (SSSR count). The lowest BCUT2D eigenvalue weighted by molar-refractivity contribution is -0.145. The summed E-state index contributed by atoms with van der Waals surface area (Å²) in [6.45, 7) is 13.5. The van der Waals surface area contributed by atoms with Gasteiger partial charge in [0.15, 0.2) is 0 Å². The molecule has 310 valence electrons. The maximum Gasteiger partial charge on any atom is 0.305 e. The van der Waals surface area contributed by atoms with Gasteiger partial charge in [0.2, 0.25) is 5.91 Å². The van der Waals surface area contributed by atoms with Gasteiger partial charge in [0.1, 0.15) is 0 Å². The highest BCUT2D eigenvalue weighted by Gasteiger charge is 2.14. The summed E-state index contributed by atoms with van der Waals surface area (Å²) in [5, 5.41) is 3.29. The van der Waals surface area contributed by atoms with Crippen LogP contribution in [0.3, 0.4) is 0 Å². The molecule has 0 aliphatic heterocycles. The predicted molar refractivity (Wildman–Crippen MR) is 229 cm³/mol. The minimum atomic E-state index is -0.0107. The maximum atomic E-state index is 12.7. The fraction of sp³-hybridized carbons (Fsp3) is 0.957. The minimum absolute atomic E-state index is 0.0107. The Morgan fingerprint density at radius 1 is 0.500 bits per heavy atom. The molecular formula is C46H91ClN2O3. The SMILES string of the molecule is CCCCCCCCC(CCCCCC)CNC(=O)CCCCCN(CCCl)CCCCCC(=O)OCC(CCCCCC)CCCCCCCC. The van der Waals surface area contributed by atoms with Crippen LogP contribution in [-0.2, 0) is 14.3 Å². The molecule has 0 fully saturated rings. The van der Waals surface area contributed by atoms with Crippen LogP contribution in [0, 0.1) is 11.8 Å². The second-order valence-electron chi connectivity index (χ2n) is 16.2. The van der Waals surface area contributed by atoms with Gasteiger partial charge < -0.3 is 15.0 Å². The lowest BCUT2D eigenvalue weighted by Gasteiger charge is -2.21. The Kier molecular flexibility index (Phi) is 40.7. The molecule has 1 N–H and O–H groups in total. The minimum Gasteiger partial charge on any atom is -0.465 e. The molecule has 6 heteroatoms. The van der Waals surface area contributed by atoms with Crippen LogP contribution in [0.4, 0.5) is 0 Å². The predicted octanol–water partition coefficient (Wildman–Crippen LogP) is 14.0. The first kappa shape index (κ1) is 51.2. The Bertz CT molecular complexity index is 693. The summed E-state index contributed by atoms with van der Waals surface area (Å²) in [5.74, 6) is 2.04. The summed E-state index contributed by atoms with van der Waals surface area (Å²) in [4.78, 5) is 27.7. The lowest BCUT2D eigenvalue weighted by Crippen LogP contribution is -2.29. The summed E-state index contributed by atoms with van der Waals surface area (Å²) in [7, 11) is 0. The molecule has 5 nitrogen and oxygen atoms in total. The highest BCUT2D eigenvalue weighted by atomic mass is 35.5. The van der Waals surface area contributed by atoms with Crippen LogP contribution in [0.5, 0.6) is 0 Å². The molecule has 0 aliphatic rings. The quantitative estimate of drug-likeness (QED) is 0.0383. The van der Waals surface area contributed by atoms with E-state index < -0.39 is 0 Å². The van der Waals surface area contributed by atoms with Gasteiger partial charge in [-0.05, 0) is 76.3 Å². The molecule has 0 aromatic heterocycles. The van der Waals surface area contributed by atoms with Crippen LogP contribution < -0.4 is 5.32 Å². The van der Waals surface area contributed by atoms with Gasteiger partial charge in [0, 0.05) is 31.8 Å². The van der Waals surface area contributed by atoms with Gasteiger partial charge in [-0.3, -0.25) is 9.59 Å². The molecular weight excluding hydrogens is 664 g/mol. The van der Waals surface area contributed by atoms with E-state index in [0.29, 0.717) is 37.2 Å². The fourth-order valence-electron chi connectivity index (χ4n) is 7.47. The fourth-order valence-corrected chi connectivity index (χ4v) is 7.71. The van der Waals surface area contributed by atoms with Crippen molar-refractivity contribution in [3.05, 3.63) is 0 Å². The topological polar surface area (TPSA) is 58.6 Å². The van der Waals surface area contributed by atoms with Crippen LogP contribution in [0.15, 0.2) is 0 Å². The number of carbonyl (C=O) groups is 2. The van der Waals surface area contributed by atoms with Crippen molar-refractivity contribution < 1.29 is 14.3 Å². The highest BCUT2D eigenvalue weighted by molar-refractivity contribution is 6.18. The largest absolute Gasteiger partial charge is 0.465 e. The molecule has 0 saturated heterocycles. The number of alkyl halides is 1. The second kappa shape index (κ2) is 41.4. The Labute approximate surface area is 330 Å².